The number of halogens is 3. The van der Waals surface area contributed by atoms with Crippen LogP contribution in [0.3, 0.4) is 0 Å². The Morgan fingerprint density at radius 3 is 2.50 bits per heavy atom. The average molecular weight is 495 g/mol. The Labute approximate surface area is 173 Å². The molecule has 1 aliphatic heterocycles. The highest BCUT2D eigenvalue weighted by atomic mass is 79.9. The first-order valence-electron chi connectivity index (χ1n) is 8.32. The van der Waals surface area contributed by atoms with Gasteiger partial charge in [0, 0.05) is 31.5 Å². The molecule has 0 atom stereocenters. The third-order valence-electron chi connectivity index (χ3n) is 4.31. The molecule has 0 N–H and O–H groups in total. The maximum absolute atomic E-state index is 6.07. The molecule has 4 rings (SSSR count). The van der Waals surface area contributed by atoms with Crippen LogP contribution in [0.5, 0.6) is 0 Å². The zero-order chi connectivity index (χ0) is 18.3. The molecule has 2 heterocycles. The maximum atomic E-state index is 6.07. The molecule has 4 nitrogen and oxygen atoms in total. The fourth-order valence-corrected chi connectivity index (χ4v) is 4.30. The smallest absolute Gasteiger partial charge is 0.159 e. The second kappa shape index (κ2) is 7.25. The Hall–Kier alpha value is -1.50. The molecule has 0 unspecified atom stereocenters. The van der Waals surface area contributed by atoms with Gasteiger partial charge in [-0.05, 0) is 46.6 Å². The van der Waals surface area contributed by atoms with Gasteiger partial charge in [0.15, 0.2) is 5.82 Å². The molecule has 26 heavy (non-hydrogen) atoms. The van der Waals surface area contributed by atoms with Crippen molar-refractivity contribution in [3.8, 4) is 5.69 Å². The lowest BCUT2D eigenvalue weighted by Crippen LogP contribution is -2.11. The van der Waals surface area contributed by atoms with Gasteiger partial charge in [0.25, 0.3) is 0 Å². The topological polar surface area (TPSA) is 43.1 Å². The fourth-order valence-electron chi connectivity index (χ4n) is 3.16. The summed E-state index contributed by atoms with van der Waals surface area (Å²) in [4.78, 5) is 4.88. The largest absolute Gasteiger partial charge is 0.280 e. The minimum absolute atomic E-state index is 0.474. The second-order valence-corrected chi connectivity index (χ2v) is 8.19. The highest BCUT2D eigenvalue weighted by Crippen LogP contribution is 2.36. The molecule has 7 heteroatoms. The van der Waals surface area contributed by atoms with Crippen molar-refractivity contribution in [3.63, 3.8) is 0 Å². The van der Waals surface area contributed by atoms with Crippen molar-refractivity contribution in [2.45, 2.75) is 26.3 Å². The summed E-state index contributed by atoms with van der Waals surface area (Å²) in [5.74, 6) is 1.80. The standard InChI is InChI=1S/C19H15Br2ClN4/c1-2-3-15-24-25-16-10-23-18(11-4-6-12(22)7-5-11)17-13(20)8-9-14(21)19(17)26(15)16/h4-9H,2-3,10H2,1H3. The minimum atomic E-state index is 0.474. The Kier molecular flexibility index (Phi) is 4.99. The first-order valence-corrected chi connectivity index (χ1v) is 10.3. The molecular formula is C19H15Br2ClN4. The lowest BCUT2D eigenvalue weighted by Gasteiger charge is -2.17. The van der Waals surface area contributed by atoms with Crippen LogP contribution in [0.25, 0.3) is 5.69 Å². The van der Waals surface area contributed by atoms with E-state index in [9.17, 15) is 0 Å². The van der Waals surface area contributed by atoms with Gasteiger partial charge in [-0.25, -0.2) is 0 Å². The number of aliphatic imine (C=N–C) groups is 1. The van der Waals surface area contributed by atoms with Crippen LogP contribution in [0.4, 0.5) is 0 Å². The summed E-state index contributed by atoms with van der Waals surface area (Å²) >= 11 is 13.5. The van der Waals surface area contributed by atoms with Crippen LogP contribution in [0.2, 0.25) is 5.02 Å². The van der Waals surface area contributed by atoms with Crippen LogP contribution in [-0.2, 0) is 13.0 Å². The number of benzene rings is 2. The van der Waals surface area contributed by atoms with Gasteiger partial charge < -0.3 is 0 Å². The highest BCUT2D eigenvalue weighted by molar-refractivity contribution is 9.11. The van der Waals surface area contributed by atoms with E-state index in [0.29, 0.717) is 11.6 Å². The van der Waals surface area contributed by atoms with Crippen LogP contribution in [-0.4, -0.2) is 20.5 Å². The molecule has 0 amide bonds. The number of fused-ring (bicyclic) bond motifs is 3. The quantitative estimate of drug-likeness (QED) is 0.465. The predicted molar refractivity (Wildman–Crippen MR) is 112 cm³/mol. The molecule has 0 bridgehead atoms. The van der Waals surface area contributed by atoms with Crippen molar-refractivity contribution >= 4 is 49.2 Å². The van der Waals surface area contributed by atoms with Gasteiger partial charge in [-0.3, -0.25) is 9.56 Å². The molecule has 1 aromatic heterocycles. The average Bonchev–Trinajstić information content (AvgIpc) is 2.93. The van der Waals surface area contributed by atoms with E-state index in [1.165, 1.54) is 0 Å². The van der Waals surface area contributed by atoms with Gasteiger partial charge >= 0.3 is 0 Å². The van der Waals surface area contributed by atoms with Gasteiger partial charge in [0.05, 0.1) is 11.4 Å². The minimum Gasteiger partial charge on any atom is -0.280 e. The molecule has 1 aliphatic rings. The van der Waals surface area contributed by atoms with Crippen molar-refractivity contribution < 1.29 is 0 Å². The van der Waals surface area contributed by atoms with E-state index >= 15 is 0 Å². The normalized spacial score (nSPS) is 13.0. The summed E-state index contributed by atoms with van der Waals surface area (Å²) in [7, 11) is 0. The number of hydrogen-bond donors (Lipinski definition) is 0. The predicted octanol–water partition coefficient (Wildman–Crippen LogP) is 5.75. The van der Waals surface area contributed by atoms with E-state index in [-0.39, 0.29) is 0 Å². The van der Waals surface area contributed by atoms with E-state index < -0.39 is 0 Å². The van der Waals surface area contributed by atoms with E-state index in [4.69, 9.17) is 16.6 Å². The van der Waals surface area contributed by atoms with Gasteiger partial charge in [-0.1, -0.05) is 46.6 Å². The summed E-state index contributed by atoms with van der Waals surface area (Å²) in [5, 5.41) is 9.50. The highest BCUT2D eigenvalue weighted by Gasteiger charge is 2.26. The molecule has 0 saturated carbocycles. The zero-order valence-corrected chi connectivity index (χ0v) is 17.9. The number of aromatic nitrogens is 3. The molecule has 0 fully saturated rings. The third kappa shape index (κ3) is 3.04. The number of hydrogen-bond acceptors (Lipinski definition) is 3. The van der Waals surface area contributed by atoms with E-state index in [0.717, 1.165) is 56.0 Å². The second-order valence-electron chi connectivity index (χ2n) is 6.04. The van der Waals surface area contributed by atoms with Gasteiger partial charge in [-0.2, -0.15) is 0 Å². The van der Waals surface area contributed by atoms with Crippen LogP contribution in [0, 0.1) is 0 Å². The van der Waals surface area contributed by atoms with Crippen LogP contribution < -0.4 is 0 Å². The SMILES string of the molecule is CCCc1nnc2n1-c1c(Br)ccc(Br)c1C(c1ccc(Cl)cc1)=NC2. The zero-order valence-electron chi connectivity index (χ0n) is 14.0. The Bertz CT molecular complexity index is 1010. The molecule has 2 aromatic carbocycles. The molecule has 0 aliphatic carbocycles. The summed E-state index contributed by atoms with van der Waals surface area (Å²) in [6, 6.07) is 11.8. The first-order chi connectivity index (χ1) is 12.6. The fraction of sp³-hybridized carbons (Fsp3) is 0.211. The van der Waals surface area contributed by atoms with E-state index in [1.54, 1.807) is 0 Å². The summed E-state index contributed by atoms with van der Waals surface area (Å²) in [5.41, 5.74) is 3.98. The lowest BCUT2D eigenvalue weighted by atomic mass is 10.0. The third-order valence-corrected chi connectivity index (χ3v) is 5.86. The maximum Gasteiger partial charge on any atom is 0.159 e. The van der Waals surface area contributed by atoms with Gasteiger partial charge in [0.2, 0.25) is 0 Å². The van der Waals surface area contributed by atoms with Crippen molar-refractivity contribution in [2.24, 2.45) is 4.99 Å². The molecule has 0 spiro atoms. The summed E-state index contributed by atoms with van der Waals surface area (Å²) < 4.78 is 4.10. The summed E-state index contributed by atoms with van der Waals surface area (Å²) in [6.07, 6.45) is 1.87. The van der Waals surface area contributed by atoms with Crippen LogP contribution in [0.1, 0.15) is 36.1 Å². The Morgan fingerprint density at radius 2 is 1.77 bits per heavy atom. The Morgan fingerprint density at radius 1 is 1.04 bits per heavy atom. The van der Waals surface area contributed by atoms with Crippen molar-refractivity contribution in [1.82, 2.24) is 14.8 Å². The van der Waals surface area contributed by atoms with Crippen LogP contribution >= 0.6 is 43.5 Å². The first kappa shape index (κ1) is 17.9. The number of rotatable bonds is 3. The van der Waals surface area contributed by atoms with E-state index in [2.05, 4.69) is 53.5 Å². The van der Waals surface area contributed by atoms with E-state index in [1.807, 2.05) is 36.4 Å². The van der Waals surface area contributed by atoms with Gasteiger partial charge in [-0.15, -0.1) is 10.2 Å². The van der Waals surface area contributed by atoms with Crippen molar-refractivity contribution in [3.05, 3.63) is 73.1 Å². The number of nitrogens with zero attached hydrogens (tertiary/aromatic N) is 4. The lowest BCUT2D eigenvalue weighted by molar-refractivity contribution is 0.787. The molecular weight excluding hydrogens is 479 g/mol. The molecule has 132 valence electrons. The summed E-state index contributed by atoms with van der Waals surface area (Å²) in [6.45, 7) is 2.62. The molecule has 0 saturated heterocycles. The molecule has 3 aromatic rings. The molecule has 0 radical (unpaired) electrons. The number of aryl methyl sites for hydroxylation is 1. The van der Waals surface area contributed by atoms with Crippen molar-refractivity contribution in [1.29, 1.82) is 0 Å². The Balaban J connectivity index is 2.01. The van der Waals surface area contributed by atoms with Crippen molar-refractivity contribution in [2.75, 3.05) is 0 Å². The van der Waals surface area contributed by atoms with Crippen LogP contribution in [0.15, 0.2) is 50.3 Å². The van der Waals surface area contributed by atoms with Gasteiger partial charge in [0.1, 0.15) is 12.4 Å². The monoisotopic (exact) mass is 492 g/mol.